The first kappa shape index (κ1) is 17.5. The van der Waals surface area contributed by atoms with Gasteiger partial charge in [-0.05, 0) is 68.1 Å². The number of carbonyl (C=O) groups is 1. The number of amides is 1. The fraction of sp³-hybridized carbons (Fsp3) is 0.667. The molecule has 1 saturated heterocycles. The summed E-state index contributed by atoms with van der Waals surface area (Å²) in [5, 5.41) is 9.80. The summed E-state index contributed by atoms with van der Waals surface area (Å²) in [5.74, 6) is 0.665. The van der Waals surface area contributed by atoms with E-state index in [2.05, 4.69) is 45.0 Å². The van der Waals surface area contributed by atoms with Crippen LogP contribution in [0.2, 0.25) is 0 Å². The Kier molecular flexibility index (Phi) is 4.50. The molecule has 3 heteroatoms. The average Bonchev–Trinajstić information content (AvgIpc) is 2.84. The van der Waals surface area contributed by atoms with Crippen molar-refractivity contribution in [3.8, 4) is 0 Å². The van der Waals surface area contributed by atoms with Gasteiger partial charge in [-0.1, -0.05) is 32.9 Å². The van der Waals surface area contributed by atoms with Gasteiger partial charge >= 0.3 is 0 Å². The molecule has 0 bridgehead atoms. The molecule has 1 heterocycles. The molecule has 132 valence electrons. The zero-order valence-electron chi connectivity index (χ0n) is 15.5. The van der Waals surface area contributed by atoms with E-state index < -0.39 is 0 Å². The van der Waals surface area contributed by atoms with Crippen molar-refractivity contribution in [2.24, 2.45) is 11.3 Å². The van der Waals surface area contributed by atoms with Crippen molar-refractivity contribution >= 4 is 11.6 Å². The normalized spacial score (nSPS) is 29.3. The molecule has 24 heavy (non-hydrogen) atoms. The Morgan fingerprint density at radius 3 is 2.21 bits per heavy atom. The first-order valence-electron chi connectivity index (χ1n) is 9.33. The Bertz CT molecular complexity index is 589. The summed E-state index contributed by atoms with van der Waals surface area (Å²) < 4.78 is 0. The average molecular weight is 329 g/mol. The van der Waals surface area contributed by atoms with Gasteiger partial charge in [-0.25, -0.2) is 0 Å². The molecule has 0 aromatic heterocycles. The topological polar surface area (TPSA) is 40.5 Å². The van der Waals surface area contributed by atoms with E-state index in [0.29, 0.717) is 11.8 Å². The van der Waals surface area contributed by atoms with Gasteiger partial charge in [-0.2, -0.15) is 0 Å². The van der Waals surface area contributed by atoms with Gasteiger partial charge in [0.05, 0.1) is 11.5 Å². The van der Waals surface area contributed by atoms with E-state index in [1.165, 1.54) is 5.56 Å². The number of rotatable bonds is 2. The van der Waals surface area contributed by atoms with Crippen molar-refractivity contribution in [2.45, 2.75) is 71.3 Å². The Labute approximate surface area is 146 Å². The molecule has 1 aliphatic carbocycles. The minimum absolute atomic E-state index is 0.133. The second-order valence-electron chi connectivity index (χ2n) is 8.86. The largest absolute Gasteiger partial charge is 0.393 e. The SMILES string of the molecule is C[C@@H](O)[C@H]1CC[C@@]2(CCN(c3ccc(C(C)(C)C)cc3)C2=O)CC1. The highest BCUT2D eigenvalue weighted by Gasteiger charge is 2.49. The van der Waals surface area contributed by atoms with Gasteiger partial charge in [0, 0.05) is 12.2 Å². The van der Waals surface area contributed by atoms with Crippen LogP contribution in [-0.4, -0.2) is 23.7 Å². The van der Waals surface area contributed by atoms with Crippen molar-refractivity contribution in [3.05, 3.63) is 29.8 Å². The maximum atomic E-state index is 13.1. The van der Waals surface area contributed by atoms with Gasteiger partial charge in [0.1, 0.15) is 0 Å². The number of hydrogen-bond acceptors (Lipinski definition) is 2. The minimum atomic E-state index is -0.250. The number of carbonyl (C=O) groups excluding carboxylic acids is 1. The molecule has 1 atom stereocenters. The molecule has 0 radical (unpaired) electrons. The maximum absolute atomic E-state index is 13.1. The first-order valence-corrected chi connectivity index (χ1v) is 9.33. The fourth-order valence-corrected chi connectivity index (χ4v) is 4.35. The Hall–Kier alpha value is -1.35. The lowest BCUT2D eigenvalue weighted by molar-refractivity contribution is -0.128. The molecule has 1 N–H and O–H groups in total. The lowest BCUT2D eigenvalue weighted by Gasteiger charge is -2.36. The third-order valence-corrected chi connectivity index (χ3v) is 6.23. The molecule has 1 spiro atoms. The molecule has 2 aliphatic rings. The number of benzene rings is 1. The van der Waals surface area contributed by atoms with Gasteiger partial charge < -0.3 is 10.0 Å². The van der Waals surface area contributed by atoms with Crippen LogP contribution >= 0.6 is 0 Å². The highest BCUT2D eigenvalue weighted by Crippen LogP contribution is 2.48. The van der Waals surface area contributed by atoms with E-state index in [1.807, 2.05) is 11.8 Å². The smallest absolute Gasteiger partial charge is 0.233 e. The van der Waals surface area contributed by atoms with E-state index in [4.69, 9.17) is 0 Å². The van der Waals surface area contributed by atoms with Crippen LogP contribution in [0.1, 0.15) is 65.4 Å². The van der Waals surface area contributed by atoms with Crippen molar-refractivity contribution in [1.29, 1.82) is 0 Å². The lowest BCUT2D eigenvalue weighted by atomic mass is 9.68. The summed E-state index contributed by atoms with van der Waals surface area (Å²) in [6, 6.07) is 8.49. The van der Waals surface area contributed by atoms with Crippen molar-refractivity contribution < 1.29 is 9.90 Å². The monoisotopic (exact) mass is 329 g/mol. The molecule has 2 fully saturated rings. The van der Waals surface area contributed by atoms with Gasteiger partial charge in [0.2, 0.25) is 5.91 Å². The van der Waals surface area contributed by atoms with Crippen molar-refractivity contribution in [2.75, 3.05) is 11.4 Å². The standard InChI is InChI=1S/C21H31NO2/c1-15(23)16-9-11-21(12-10-16)13-14-22(19(21)24)18-7-5-17(6-8-18)20(2,3)4/h5-8,15-16,23H,9-14H2,1-4H3/t15-,16-,21-/m1/s1. The second-order valence-corrected chi connectivity index (χ2v) is 8.86. The maximum Gasteiger partial charge on any atom is 0.233 e. The predicted octanol–water partition coefficient (Wildman–Crippen LogP) is 4.28. The van der Waals surface area contributed by atoms with E-state index >= 15 is 0 Å². The van der Waals surface area contributed by atoms with Gasteiger partial charge in [0.25, 0.3) is 0 Å². The Morgan fingerprint density at radius 2 is 1.71 bits per heavy atom. The summed E-state index contributed by atoms with van der Waals surface area (Å²) in [6.07, 6.45) is 4.51. The molecule has 3 rings (SSSR count). The zero-order chi connectivity index (χ0) is 17.5. The minimum Gasteiger partial charge on any atom is -0.393 e. The molecular formula is C21H31NO2. The molecule has 1 amide bonds. The Balaban J connectivity index is 1.73. The van der Waals surface area contributed by atoms with Crippen LogP contribution in [0.4, 0.5) is 5.69 Å². The summed E-state index contributed by atoms with van der Waals surface area (Å²) in [6.45, 7) is 9.32. The molecule has 1 aromatic carbocycles. The quantitative estimate of drug-likeness (QED) is 0.880. The molecule has 1 aliphatic heterocycles. The Morgan fingerprint density at radius 1 is 1.12 bits per heavy atom. The number of anilines is 1. The second kappa shape index (κ2) is 6.18. The summed E-state index contributed by atoms with van der Waals surface area (Å²) >= 11 is 0. The number of aliphatic hydroxyl groups excluding tert-OH is 1. The van der Waals surface area contributed by atoms with E-state index in [9.17, 15) is 9.90 Å². The van der Waals surface area contributed by atoms with Crippen LogP contribution < -0.4 is 4.90 Å². The molecule has 3 nitrogen and oxygen atoms in total. The van der Waals surface area contributed by atoms with Crippen molar-refractivity contribution in [3.63, 3.8) is 0 Å². The lowest BCUT2D eigenvalue weighted by Crippen LogP contribution is -2.39. The predicted molar refractivity (Wildman–Crippen MR) is 98.2 cm³/mol. The highest BCUT2D eigenvalue weighted by atomic mass is 16.3. The number of aliphatic hydroxyl groups is 1. The first-order chi connectivity index (χ1) is 11.2. The van der Waals surface area contributed by atoms with Gasteiger partial charge in [-0.3, -0.25) is 4.79 Å². The van der Waals surface area contributed by atoms with E-state index in [1.54, 1.807) is 0 Å². The van der Waals surface area contributed by atoms with Crippen LogP contribution in [0.3, 0.4) is 0 Å². The van der Waals surface area contributed by atoms with Crippen LogP contribution in [0.25, 0.3) is 0 Å². The van der Waals surface area contributed by atoms with E-state index in [-0.39, 0.29) is 16.9 Å². The van der Waals surface area contributed by atoms with Crippen LogP contribution in [0, 0.1) is 11.3 Å². The summed E-state index contributed by atoms with van der Waals surface area (Å²) in [7, 11) is 0. The summed E-state index contributed by atoms with van der Waals surface area (Å²) in [4.78, 5) is 15.1. The third-order valence-electron chi connectivity index (χ3n) is 6.23. The summed E-state index contributed by atoms with van der Waals surface area (Å²) in [5.41, 5.74) is 2.29. The van der Waals surface area contributed by atoms with Gasteiger partial charge in [0.15, 0.2) is 0 Å². The number of hydrogen-bond donors (Lipinski definition) is 1. The molecule has 1 aromatic rings. The van der Waals surface area contributed by atoms with Gasteiger partial charge in [-0.15, -0.1) is 0 Å². The van der Waals surface area contributed by atoms with Crippen molar-refractivity contribution in [1.82, 2.24) is 0 Å². The molecular weight excluding hydrogens is 298 g/mol. The highest BCUT2D eigenvalue weighted by molar-refractivity contribution is 6.00. The van der Waals surface area contributed by atoms with E-state index in [0.717, 1.165) is 44.3 Å². The molecule has 1 saturated carbocycles. The zero-order valence-corrected chi connectivity index (χ0v) is 15.5. The van der Waals surface area contributed by atoms with Crippen LogP contribution in [0.15, 0.2) is 24.3 Å². The number of nitrogens with zero attached hydrogens (tertiary/aromatic N) is 1. The fourth-order valence-electron chi connectivity index (χ4n) is 4.35. The van der Waals surface area contributed by atoms with Crippen LogP contribution in [0.5, 0.6) is 0 Å². The third kappa shape index (κ3) is 3.11. The van der Waals surface area contributed by atoms with Crippen LogP contribution in [-0.2, 0) is 10.2 Å². The molecule has 0 unspecified atom stereocenters.